The van der Waals surface area contributed by atoms with Crippen molar-refractivity contribution in [3.8, 4) is 10.4 Å². The number of benzene rings is 2. The van der Waals surface area contributed by atoms with Crippen LogP contribution in [0.5, 0.6) is 0 Å². The molecular formula is C15H9FO2S. The highest BCUT2D eigenvalue weighted by Crippen LogP contribution is 2.33. The Morgan fingerprint density at radius 3 is 2.58 bits per heavy atom. The van der Waals surface area contributed by atoms with Gasteiger partial charge in [0.15, 0.2) is 0 Å². The Hall–Kier alpha value is -2.20. The van der Waals surface area contributed by atoms with E-state index in [0.717, 1.165) is 15.0 Å². The van der Waals surface area contributed by atoms with Crippen LogP contribution in [0.2, 0.25) is 0 Å². The van der Waals surface area contributed by atoms with Crippen molar-refractivity contribution in [1.82, 2.24) is 0 Å². The molecule has 2 aromatic carbocycles. The minimum Gasteiger partial charge on any atom is -0.478 e. The van der Waals surface area contributed by atoms with Gasteiger partial charge in [-0.1, -0.05) is 24.3 Å². The third-order valence-electron chi connectivity index (χ3n) is 2.91. The highest BCUT2D eigenvalue weighted by atomic mass is 32.1. The molecule has 0 fully saturated rings. The molecule has 0 spiro atoms. The van der Waals surface area contributed by atoms with Crippen LogP contribution in [0.15, 0.2) is 48.5 Å². The number of thiophene rings is 1. The predicted octanol–water partition coefficient (Wildman–Crippen LogP) is 4.41. The summed E-state index contributed by atoms with van der Waals surface area (Å²) in [6.45, 7) is 0. The van der Waals surface area contributed by atoms with Gasteiger partial charge in [0.2, 0.25) is 0 Å². The molecule has 1 heterocycles. The maximum absolute atomic E-state index is 13.7. The molecular weight excluding hydrogens is 263 g/mol. The van der Waals surface area contributed by atoms with Crippen molar-refractivity contribution in [3.63, 3.8) is 0 Å². The van der Waals surface area contributed by atoms with Gasteiger partial charge in [-0.2, -0.15) is 0 Å². The molecule has 0 aliphatic heterocycles. The zero-order chi connectivity index (χ0) is 13.4. The van der Waals surface area contributed by atoms with Crippen molar-refractivity contribution < 1.29 is 14.3 Å². The lowest BCUT2D eigenvalue weighted by molar-refractivity contribution is 0.0692. The fourth-order valence-corrected chi connectivity index (χ4v) is 3.03. The van der Waals surface area contributed by atoms with Gasteiger partial charge in [0.1, 0.15) is 5.82 Å². The molecule has 0 saturated carbocycles. The molecule has 94 valence electrons. The van der Waals surface area contributed by atoms with Crippen molar-refractivity contribution in [2.75, 3.05) is 0 Å². The summed E-state index contributed by atoms with van der Waals surface area (Å²) in [7, 11) is 0. The summed E-state index contributed by atoms with van der Waals surface area (Å²) in [4.78, 5) is 11.7. The van der Waals surface area contributed by atoms with Gasteiger partial charge in [0, 0.05) is 9.58 Å². The maximum Gasteiger partial charge on any atom is 0.338 e. The van der Waals surface area contributed by atoms with Gasteiger partial charge in [-0.25, -0.2) is 9.18 Å². The van der Waals surface area contributed by atoms with Crippen molar-refractivity contribution in [3.05, 3.63) is 59.9 Å². The van der Waals surface area contributed by atoms with E-state index >= 15 is 0 Å². The topological polar surface area (TPSA) is 37.3 Å². The Morgan fingerprint density at radius 2 is 1.89 bits per heavy atom. The second-order valence-corrected chi connectivity index (χ2v) is 5.23. The summed E-state index contributed by atoms with van der Waals surface area (Å²) in [5.41, 5.74) is 0.397. The molecule has 19 heavy (non-hydrogen) atoms. The number of rotatable bonds is 2. The van der Waals surface area contributed by atoms with Crippen LogP contribution < -0.4 is 0 Å². The van der Waals surface area contributed by atoms with Gasteiger partial charge in [0.25, 0.3) is 0 Å². The van der Waals surface area contributed by atoms with E-state index in [9.17, 15) is 9.18 Å². The Balaban J connectivity index is 2.11. The fraction of sp³-hybridized carbons (Fsp3) is 0. The third-order valence-corrected chi connectivity index (χ3v) is 4.07. The number of carbonyl (C=O) groups is 1. The van der Waals surface area contributed by atoms with Crippen LogP contribution in [0.25, 0.3) is 20.5 Å². The van der Waals surface area contributed by atoms with Crippen molar-refractivity contribution in [2.45, 2.75) is 0 Å². The Bertz CT molecular complexity index is 744. The molecule has 0 unspecified atom stereocenters. The van der Waals surface area contributed by atoms with Crippen LogP contribution in [-0.2, 0) is 0 Å². The van der Waals surface area contributed by atoms with Crippen LogP contribution in [0.1, 0.15) is 10.4 Å². The minimum atomic E-state index is -1.25. The molecule has 0 saturated heterocycles. The molecule has 4 heteroatoms. The first kappa shape index (κ1) is 11.9. The maximum atomic E-state index is 13.7. The average molecular weight is 272 g/mol. The van der Waals surface area contributed by atoms with Gasteiger partial charge >= 0.3 is 5.97 Å². The van der Waals surface area contributed by atoms with Crippen molar-refractivity contribution in [1.29, 1.82) is 0 Å². The Kier molecular flexibility index (Phi) is 2.80. The highest BCUT2D eigenvalue weighted by Gasteiger charge is 2.12. The molecule has 0 aliphatic carbocycles. The average Bonchev–Trinajstić information content (AvgIpc) is 2.81. The first-order valence-electron chi connectivity index (χ1n) is 5.67. The number of aromatic carboxylic acids is 1. The second-order valence-electron chi connectivity index (χ2n) is 4.15. The van der Waals surface area contributed by atoms with Crippen LogP contribution in [0.3, 0.4) is 0 Å². The van der Waals surface area contributed by atoms with E-state index in [1.54, 1.807) is 17.4 Å². The molecule has 1 aromatic heterocycles. The van der Waals surface area contributed by atoms with E-state index in [2.05, 4.69) is 0 Å². The van der Waals surface area contributed by atoms with Crippen LogP contribution in [0.4, 0.5) is 4.39 Å². The molecule has 3 rings (SSSR count). The summed E-state index contributed by atoms with van der Waals surface area (Å²) < 4.78 is 14.8. The monoisotopic (exact) mass is 272 g/mol. The number of hydrogen-bond donors (Lipinski definition) is 1. The fourth-order valence-electron chi connectivity index (χ4n) is 1.97. The van der Waals surface area contributed by atoms with Gasteiger partial charge in [0.05, 0.1) is 5.56 Å². The molecule has 3 aromatic rings. The molecule has 0 aliphatic rings. The van der Waals surface area contributed by atoms with Gasteiger partial charge in [-0.15, -0.1) is 11.3 Å². The summed E-state index contributed by atoms with van der Waals surface area (Å²) in [6.07, 6.45) is 0. The number of fused-ring (bicyclic) bond motifs is 1. The SMILES string of the molecule is O=C(O)c1ccc(-c2cc3ccccc3s2)cc1F. The van der Waals surface area contributed by atoms with Gasteiger partial charge in [-0.05, 0) is 35.2 Å². The minimum absolute atomic E-state index is 0.301. The zero-order valence-corrected chi connectivity index (χ0v) is 10.6. The standard InChI is InChI=1S/C15H9FO2S/c16-12-7-10(5-6-11(12)15(17)18)14-8-9-3-1-2-4-13(9)19-14/h1-8H,(H,17,18). The predicted molar refractivity (Wildman–Crippen MR) is 74.2 cm³/mol. The Morgan fingerprint density at radius 1 is 1.11 bits per heavy atom. The van der Waals surface area contributed by atoms with Crippen LogP contribution >= 0.6 is 11.3 Å². The van der Waals surface area contributed by atoms with Crippen LogP contribution in [0, 0.1) is 5.82 Å². The quantitative estimate of drug-likeness (QED) is 0.750. The normalized spacial score (nSPS) is 10.8. The van der Waals surface area contributed by atoms with Crippen LogP contribution in [-0.4, -0.2) is 11.1 Å². The molecule has 0 amide bonds. The van der Waals surface area contributed by atoms with Gasteiger partial charge in [-0.3, -0.25) is 0 Å². The molecule has 1 N–H and O–H groups in total. The highest BCUT2D eigenvalue weighted by molar-refractivity contribution is 7.22. The lowest BCUT2D eigenvalue weighted by Crippen LogP contribution is -1.99. The molecule has 0 bridgehead atoms. The smallest absolute Gasteiger partial charge is 0.338 e. The first-order chi connectivity index (χ1) is 9.15. The first-order valence-corrected chi connectivity index (χ1v) is 6.48. The summed E-state index contributed by atoms with van der Waals surface area (Å²) in [5.74, 6) is -1.96. The van der Waals surface area contributed by atoms with E-state index in [1.807, 2.05) is 30.3 Å². The van der Waals surface area contributed by atoms with E-state index in [-0.39, 0.29) is 5.56 Å². The summed E-state index contributed by atoms with van der Waals surface area (Å²) in [5, 5.41) is 9.91. The second kappa shape index (κ2) is 4.48. The lowest BCUT2D eigenvalue weighted by atomic mass is 10.1. The van der Waals surface area contributed by atoms with E-state index in [1.165, 1.54) is 12.1 Å². The zero-order valence-electron chi connectivity index (χ0n) is 9.76. The van der Waals surface area contributed by atoms with E-state index in [0.29, 0.717) is 5.56 Å². The number of carboxylic acid groups (broad SMARTS) is 1. The Labute approximate surface area is 112 Å². The van der Waals surface area contributed by atoms with Crippen molar-refractivity contribution in [2.24, 2.45) is 0 Å². The summed E-state index contributed by atoms with van der Waals surface area (Å²) >= 11 is 1.56. The third kappa shape index (κ3) is 2.11. The molecule has 0 radical (unpaired) electrons. The van der Waals surface area contributed by atoms with E-state index < -0.39 is 11.8 Å². The number of halogens is 1. The van der Waals surface area contributed by atoms with Crippen molar-refractivity contribution >= 4 is 27.4 Å². The largest absolute Gasteiger partial charge is 0.478 e. The number of hydrogen-bond acceptors (Lipinski definition) is 2. The van der Waals surface area contributed by atoms with E-state index in [4.69, 9.17) is 5.11 Å². The molecule has 2 nitrogen and oxygen atoms in total. The summed E-state index contributed by atoms with van der Waals surface area (Å²) in [6, 6.07) is 14.1. The number of carboxylic acids is 1. The van der Waals surface area contributed by atoms with Gasteiger partial charge < -0.3 is 5.11 Å². The molecule has 0 atom stereocenters. The lowest BCUT2D eigenvalue weighted by Gasteiger charge is -2.00.